The summed E-state index contributed by atoms with van der Waals surface area (Å²) in [5, 5.41) is 12.1. The van der Waals surface area contributed by atoms with Crippen LogP contribution in [0.2, 0.25) is 0 Å². The van der Waals surface area contributed by atoms with E-state index in [0.29, 0.717) is 11.7 Å². The maximum Gasteiger partial charge on any atom is 0.237 e. The zero-order chi connectivity index (χ0) is 21.6. The fraction of sp³-hybridized carbons (Fsp3) is 0.167. The summed E-state index contributed by atoms with van der Waals surface area (Å²) in [6, 6.07) is 21.7. The second kappa shape index (κ2) is 9.57. The first-order chi connectivity index (χ1) is 15.1. The first kappa shape index (κ1) is 20.8. The Kier molecular flexibility index (Phi) is 6.43. The zero-order valence-corrected chi connectivity index (χ0v) is 18.2. The van der Waals surface area contributed by atoms with Crippen molar-refractivity contribution in [3.8, 4) is 11.4 Å². The average Bonchev–Trinajstić information content (AvgIpc) is 3.18. The van der Waals surface area contributed by atoms with Crippen molar-refractivity contribution in [3.63, 3.8) is 0 Å². The molecule has 2 aromatic heterocycles. The number of rotatable bonds is 7. The number of amides is 1. The minimum Gasteiger partial charge on any atom is -0.325 e. The Morgan fingerprint density at radius 2 is 1.81 bits per heavy atom. The number of nitrogens with one attached hydrogen (secondary N) is 1. The summed E-state index contributed by atoms with van der Waals surface area (Å²) in [6.07, 6.45) is 3.50. The van der Waals surface area contributed by atoms with Crippen LogP contribution in [0.3, 0.4) is 0 Å². The lowest BCUT2D eigenvalue weighted by atomic mass is 10.2. The third-order valence-corrected chi connectivity index (χ3v) is 5.87. The standard InChI is InChI=1S/C24H23N5OS/c1-17-10-12-21(13-11-17)26-23(30)18(2)31-24-28-27-22(20-9-6-14-25-15-20)29(24)16-19-7-4-3-5-8-19/h3-15,18H,16H2,1-2H3,(H,26,30). The summed E-state index contributed by atoms with van der Waals surface area (Å²) in [5.74, 6) is 0.650. The predicted octanol–water partition coefficient (Wildman–Crippen LogP) is 4.82. The average molecular weight is 430 g/mol. The van der Waals surface area contributed by atoms with Crippen LogP contribution in [0.15, 0.2) is 84.3 Å². The molecular formula is C24H23N5OS. The molecule has 0 aliphatic carbocycles. The summed E-state index contributed by atoms with van der Waals surface area (Å²) >= 11 is 1.39. The lowest BCUT2D eigenvalue weighted by Crippen LogP contribution is -2.23. The number of nitrogens with zero attached hydrogens (tertiary/aromatic N) is 4. The molecule has 31 heavy (non-hydrogen) atoms. The molecule has 2 heterocycles. The van der Waals surface area contributed by atoms with Gasteiger partial charge in [0.1, 0.15) is 0 Å². The van der Waals surface area contributed by atoms with E-state index < -0.39 is 0 Å². The van der Waals surface area contributed by atoms with Gasteiger partial charge < -0.3 is 5.32 Å². The van der Waals surface area contributed by atoms with E-state index in [9.17, 15) is 4.79 Å². The number of carbonyl (C=O) groups is 1. The van der Waals surface area contributed by atoms with Crippen molar-refractivity contribution >= 4 is 23.4 Å². The number of thioether (sulfide) groups is 1. The van der Waals surface area contributed by atoms with Crippen LogP contribution in [0.1, 0.15) is 18.1 Å². The molecule has 1 N–H and O–H groups in total. The second-order valence-electron chi connectivity index (χ2n) is 7.23. The summed E-state index contributed by atoms with van der Waals surface area (Å²) in [6.45, 7) is 4.50. The number of hydrogen-bond acceptors (Lipinski definition) is 5. The van der Waals surface area contributed by atoms with E-state index in [1.54, 1.807) is 12.4 Å². The Balaban J connectivity index is 1.57. The SMILES string of the molecule is Cc1ccc(NC(=O)C(C)Sc2nnc(-c3cccnc3)n2Cc2ccccc2)cc1. The molecule has 0 saturated carbocycles. The third-order valence-electron chi connectivity index (χ3n) is 4.79. The number of hydrogen-bond donors (Lipinski definition) is 1. The summed E-state index contributed by atoms with van der Waals surface area (Å²) < 4.78 is 2.03. The van der Waals surface area contributed by atoms with Crippen LogP contribution in [-0.4, -0.2) is 30.9 Å². The molecule has 0 spiro atoms. The molecule has 1 unspecified atom stereocenters. The Morgan fingerprint density at radius 1 is 1.03 bits per heavy atom. The van der Waals surface area contributed by atoms with Crippen molar-refractivity contribution in [2.45, 2.75) is 30.8 Å². The smallest absolute Gasteiger partial charge is 0.237 e. The maximum absolute atomic E-state index is 12.7. The van der Waals surface area contributed by atoms with Crippen LogP contribution < -0.4 is 5.32 Å². The van der Waals surface area contributed by atoms with E-state index in [-0.39, 0.29) is 11.2 Å². The molecule has 1 atom stereocenters. The van der Waals surface area contributed by atoms with Crippen LogP contribution in [0.25, 0.3) is 11.4 Å². The van der Waals surface area contributed by atoms with Gasteiger partial charge in [-0.1, -0.05) is 59.8 Å². The largest absolute Gasteiger partial charge is 0.325 e. The Morgan fingerprint density at radius 3 is 2.52 bits per heavy atom. The molecule has 7 heteroatoms. The quantitative estimate of drug-likeness (QED) is 0.427. The van der Waals surface area contributed by atoms with Gasteiger partial charge in [0.15, 0.2) is 11.0 Å². The molecule has 6 nitrogen and oxygen atoms in total. The van der Waals surface area contributed by atoms with Gasteiger partial charge in [-0.2, -0.15) is 0 Å². The molecule has 4 aromatic rings. The van der Waals surface area contributed by atoms with E-state index in [0.717, 1.165) is 28.2 Å². The molecular weight excluding hydrogens is 406 g/mol. The van der Waals surface area contributed by atoms with Gasteiger partial charge in [0, 0.05) is 23.6 Å². The number of pyridine rings is 1. The van der Waals surface area contributed by atoms with Gasteiger partial charge in [0.25, 0.3) is 0 Å². The third kappa shape index (κ3) is 5.19. The number of aromatic nitrogens is 4. The summed E-state index contributed by atoms with van der Waals surface area (Å²) in [7, 11) is 0. The first-order valence-electron chi connectivity index (χ1n) is 10.0. The van der Waals surface area contributed by atoms with Gasteiger partial charge in [0.05, 0.1) is 11.8 Å². The highest BCUT2D eigenvalue weighted by molar-refractivity contribution is 8.00. The summed E-state index contributed by atoms with van der Waals surface area (Å²) in [4.78, 5) is 17.0. The molecule has 0 radical (unpaired) electrons. The van der Waals surface area contributed by atoms with E-state index in [1.165, 1.54) is 11.8 Å². The fourth-order valence-corrected chi connectivity index (χ4v) is 3.93. The van der Waals surface area contributed by atoms with Gasteiger partial charge in [-0.15, -0.1) is 10.2 Å². The van der Waals surface area contributed by atoms with Crippen molar-refractivity contribution in [1.82, 2.24) is 19.7 Å². The highest BCUT2D eigenvalue weighted by Crippen LogP contribution is 2.28. The fourth-order valence-electron chi connectivity index (χ4n) is 3.09. The van der Waals surface area contributed by atoms with E-state index >= 15 is 0 Å². The normalized spacial score (nSPS) is 11.8. The van der Waals surface area contributed by atoms with E-state index in [2.05, 4.69) is 32.6 Å². The minimum atomic E-state index is -0.346. The molecule has 156 valence electrons. The minimum absolute atomic E-state index is 0.0777. The topological polar surface area (TPSA) is 72.7 Å². The van der Waals surface area contributed by atoms with E-state index in [4.69, 9.17) is 0 Å². The van der Waals surface area contributed by atoms with Crippen molar-refractivity contribution in [2.75, 3.05) is 5.32 Å². The van der Waals surface area contributed by atoms with Crippen molar-refractivity contribution in [3.05, 3.63) is 90.3 Å². The predicted molar refractivity (Wildman–Crippen MR) is 124 cm³/mol. The molecule has 0 saturated heterocycles. The second-order valence-corrected chi connectivity index (χ2v) is 8.54. The van der Waals surface area contributed by atoms with Crippen LogP contribution in [-0.2, 0) is 11.3 Å². The van der Waals surface area contributed by atoms with Crippen LogP contribution in [0.4, 0.5) is 5.69 Å². The molecule has 0 aliphatic rings. The highest BCUT2D eigenvalue weighted by Gasteiger charge is 2.21. The number of anilines is 1. The molecule has 1 amide bonds. The van der Waals surface area contributed by atoms with Crippen LogP contribution in [0, 0.1) is 6.92 Å². The monoisotopic (exact) mass is 429 g/mol. The number of benzene rings is 2. The lowest BCUT2D eigenvalue weighted by Gasteiger charge is -2.14. The Bertz CT molecular complexity index is 1140. The first-order valence-corrected chi connectivity index (χ1v) is 10.9. The maximum atomic E-state index is 12.7. The molecule has 0 bridgehead atoms. The zero-order valence-electron chi connectivity index (χ0n) is 17.4. The summed E-state index contributed by atoms with van der Waals surface area (Å²) in [5.41, 5.74) is 3.95. The van der Waals surface area contributed by atoms with Crippen LogP contribution >= 0.6 is 11.8 Å². The molecule has 0 fully saturated rings. The Hall–Kier alpha value is -3.45. The molecule has 2 aromatic carbocycles. The number of carbonyl (C=O) groups excluding carboxylic acids is 1. The van der Waals surface area contributed by atoms with Gasteiger partial charge in [-0.3, -0.25) is 14.3 Å². The van der Waals surface area contributed by atoms with Gasteiger partial charge in [0.2, 0.25) is 5.91 Å². The van der Waals surface area contributed by atoms with Crippen LogP contribution in [0.5, 0.6) is 0 Å². The lowest BCUT2D eigenvalue weighted by molar-refractivity contribution is -0.115. The van der Waals surface area contributed by atoms with Gasteiger partial charge in [-0.05, 0) is 43.7 Å². The highest BCUT2D eigenvalue weighted by atomic mass is 32.2. The van der Waals surface area contributed by atoms with Gasteiger partial charge >= 0.3 is 0 Å². The van der Waals surface area contributed by atoms with Crippen molar-refractivity contribution in [2.24, 2.45) is 0 Å². The van der Waals surface area contributed by atoms with E-state index in [1.807, 2.05) is 73.0 Å². The Labute approximate surface area is 185 Å². The molecule has 4 rings (SSSR count). The van der Waals surface area contributed by atoms with Crippen molar-refractivity contribution in [1.29, 1.82) is 0 Å². The van der Waals surface area contributed by atoms with Crippen molar-refractivity contribution < 1.29 is 4.79 Å². The molecule has 0 aliphatic heterocycles. The number of aryl methyl sites for hydroxylation is 1. The van der Waals surface area contributed by atoms with Gasteiger partial charge in [-0.25, -0.2) is 0 Å².